The van der Waals surface area contributed by atoms with E-state index in [4.69, 9.17) is 11.6 Å². The maximum atomic E-state index is 14.0. The number of amides is 2. The molecule has 1 aliphatic carbocycles. The van der Waals surface area contributed by atoms with Crippen LogP contribution in [0.5, 0.6) is 0 Å². The van der Waals surface area contributed by atoms with Crippen LogP contribution in [0.4, 0.5) is 4.39 Å². The SMILES string of the molecule is Cc1ccc(C(=O)NCC(=O)N(Cc2c(F)cccc2Cl)C2CC2)s1. The van der Waals surface area contributed by atoms with Gasteiger partial charge in [-0.1, -0.05) is 17.7 Å². The highest BCUT2D eigenvalue weighted by atomic mass is 35.5. The molecule has 0 radical (unpaired) electrons. The van der Waals surface area contributed by atoms with E-state index >= 15 is 0 Å². The van der Waals surface area contributed by atoms with Gasteiger partial charge in [0, 0.05) is 21.5 Å². The number of nitrogens with zero attached hydrogens (tertiary/aromatic N) is 1. The molecule has 1 aliphatic rings. The molecule has 0 unspecified atom stereocenters. The topological polar surface area (TPSA) is 49.4 Å². The van der Waals surface area contributed by atoms with Crippen LogP contribution in [0.1, 0.15) is 33.0 Å². The average molecular weight is 381 g/mol. The molecule has 132 valence electrons. The number of carbonyl (C=O) groups is 2. The first kappa shape index (κ1) is 17.9. The molecule has 0 spiro atoms. The van der Waals surface area contributed by atoms with Crippen molar-refractivity contribution in [2.24, 2.45) is 0 Å². The van der Waals surface area contributed by atoms with Crippen LogP contribution in [-0.2, 0) is 11.3 Å². The van der Waals surface area contributed by atoms with E-state index in [0.717, 1.165) is 17.7 Å². The van der Waals surface area contributed by atoms with Crippen molar-refractivity contribution in [3.05, 3.63) is 56.5 Å². The van der Waals surface area contributed by atoms with Gasteiger partial charge in [-0.25, -0.2) is 4.39 Å². The fourth-order valence-electron chi connectivity index (χ4n) is 2.56. The van der Waals surface area contributed by atoms with Gasteiger partial charge in [0.05, 0.1) is 18.0 Å². The summed E-state index contributed by atoms with van der Waals surface area (Å²) < 4.78 is 14.0. The number of benzene rings is 1. The van der Waals surface area contributed by atoms with E-state index in [1.54, 1.807) is 17.0 Å². The zero-order valence-corrected chi connectivity index (χ0v) is 15.3. The molecule has 1 fully saturated rings. The Bertz CT molecular complexity index is 784. The van der Waals surface area contributed by atoms with Gasteiger partial charge in [-0.3, -0.25) is 9.59 Å². The molecule has 1 heterocycles. The Balaban J connectivity index is 1.64. The van der Waals surface area contributed by atoms with Crippen LogP contribution in [0.25, 0.3) is 0 Å². The molecule has 0 aliphatic heterocycles. The molecule has 1 aromatic carbocycles. The van der Waals surface area contributed by atoms with Gasteiger partial charge in [-0.15, -0.1) is 11.3 Å². The van der Waals surface area contributed by atoms with E-state index < -0.39 is 5.82 Å². The maximum Gasteiger partial charge on any atom is 0.261 e. The lowest BCUT2D eigenvalue weighted by atomic mass is 10.2. The van der Waals surface area contributed by atoms with E-state index in [-0.39, 0.29) is 30.9 Å². The lowest BCUT2D eigenvalue weighted by Gasteiger charge is -2.23. The molecular formula is C18H18ClFN2O2S. The fourth-order valence-corrected chi connectivity index (χ4v) is 3.57. The summed E-state index contributed by atoms with van der Waals surface area (Å²) in [4.78, 5) is 27.8. The summed E-state index contributed by atoms with van der Waals surface area (Å²) in [6.07, 6.45) is 1.77. The molecule has 1 N–H and O–H groups in total. The summed E-state index contributed by atoms with van der Waals surface area (Å²) in [6.45, 7) is 1.92. The molecule has 7 heteroatoms. The van der Waals surface area contributed by atoms with Gasteiger partial charge < -0.3 is 10.2 Å². The van der Waals surface area contributed by atoms with Crippen LogP contribution in [0.15, 0.2) is 30.3 Å². The molecule has 2 aromatic rings. The van der Waals surface area contributed by atoms with Crippen molar-refractivity contribution in [3.63, 3.8) is 0 Å². The molecule has 0 bridgehead atoms. The second kappa shape index (κ2) is 7.54. The van der Waals surface area contributed by atoms with Crippen LogP contribution >= 0.6 is 22.9 Å². The summed E-state index contributed by atoms with van der Waals surface area (Å²) >= 11 is 7.44. The Morgan fingerprint density at radius 1 is 1.32 bits per heavy atom. The highest BCUT2D eigenvalue weighted by molar-refractivity contribution is 7.13. The van der Waals surface area contributed by atoms with Crippen LogP contribution in [0.3, 0.4) is 0 Å². The van der Waals surface area contributed by atoms with Gasteiger partial charge in [0.15, 0.2) is 0 Å². The molecule has 2 amide bonds. The largest absolute Gasteiger partial charge is 0.342 e. The summed E-state index contributed by atoms with van der Waals surface area (Å²) in [7, 11) is 0. The number of hydrogen-bond donors (Lipinski definition) is 1. The van der Waals surface area contributed by atoms with Crippen molar-refractivity contribution >= 4 is 34.8 Å². The van der Waals surface area contributed by atoms with Crippen molar-refractivity contribution in [3.8, 4) is 0 Å². The van der Waals surface area contributed by atoms with Crippen LogP contribution < -0.4 is 5.32 Å². The third-order valence-electron chi connectivity index (χ3n) is 4.06. The van der Waals surface area contributed by atoms with Crippen LogP contribution in [0.2, 0.25) is 5.02 Å². The van der Waals surface area contributed by atoms with Gasteiger partial charge in [-0.2, -0.15) is 0 Å². The van der Waals surface area contributed by atoms with Gasteiger partial charge in [0.2, 0.25) is 5.91 Å². The maximum absolute atomic E-state index is 14.0. The smallest absolute Gasteiger partial charge is 0.261 e. The van der Waals surface area contributed by atoms with Gasteiger partial charge in [0.1, 0.15) is 5.82 Å². The molecule has 0 saturated heterocycles. The number of rotatable bonds is 6. The second-order valence-corrected chi connectivity index (χ2v) is 7.74. The highest BCUT2D eigenvalue weighted by Gasteiger charge is 2.33. The zero-order chi connectivity index (χ0) is 18.0. The van der Waals surface area contributed by atoms with Crippen LogP contribution in [-0.4, -0.2) is 29.3 Å². The van der Waals surface area contributed by atoms with Crippen molar-refractivity contribution < 1.29 is 14.0 Å². The lowest BCUT2D eigenvalue weighted by Crippen LogP contribution is -2.41. The summed E-state index contributed by atoms with van der Waals surface area (Å²) in [5.74, 6) is -0.932. The molecule has 3 rings (SSSR count). The van der Waals surface area contributed by atoms with E-state index in [2.05, 4.69) is 5.32 Å². The Labute approximate surface area is 154 Å². The third kappa shape index (κ3) is 4.38. The first-order chi connectivity index (χ1) is 12.0. The lowest BCUT2D eigenvalue weighted by molar-refractivity contribution is -0.131. The molecule has 25 heavy (non-hydrogen) atoms. The molecule has 0 atom stereocenters. The highest BCUT2D eigenvalue weighted by Crippen LogP contribution is 2.30. The van der Waals surface area contributed by atoms with Crippen molar-refractivity contribution in [2.75, 3.05) is 6.54 Å². The van der Waals surface area contributed by atoms with Crippen LogP contribution in [0, 0.1) is 12.7 Å². The standard InChI is InChI=1S/C18H18ClFN2O2S/c1-11-5-8-16(25-11)18(24)21-9-17(23)22(12-6-7-12)10-13-14(19)3-2-4-15(13)20/h2-5,8,12H,6-7,9-10H2,1H3,(H,21,24). The zero-order valence-electron chi connectivity index (χ0n) is 13.7. The normalized spacial score (nSPS) is 13.6. The number of halogens is 2. The van der Waals surface area contributed by atoms with Gasteiger partial charge in [-0.05, 0) is 44.0 Å². The minimum Gasteiger partial charge on any atom is -0.342 e. The Morgan fingerprint density at radius 3 is 2.68 bits per heavy atom. The molecule has 4 nitrogen and oxygen atoms in total. The monoisotopic (exact) mass is 380 g/mol. The first-order valence-corrected chi connectivity index (χ1v) is 9.22. The van der Waals surface area contributed by atoms with E-state index in [1.807, 2.05) is 13.0 Å². The van der Waals surface area contributed by atoms with Gasteiger partial charge >= 0.3 is 0 Å². The Hall–Kier alpha value is -1.92. The molecular weight excluding hydrogens is 363 g/mol. The summed E-state index contributed by atoms with van der Waals surface area (Å²) in [5.41, 5.74) is 0.310. The minimum absolute atomic E-state index is 0.0871. The first-order valence-electron chi connectivity index (χ1n) is 8.02. The van der Waals surface area contributed by atoms with Gasteiger partial charge in [0.25, 0.3) is 5.91 Å². The summed E-state index contributed by atoms with van der Waals surface area (Å²) in [6, 6.07) is 8.15. The van der Waals surface area contributed by atoms with Crippen molar-refractivity contribution in [1.82, 2.24) is 10.2 Å². The third-order valence-corrected chi connectivity index (χ3v) is 5.42. The fraction of sp³-hybridized carbons (Fsp3) is 0.333. The summed E-state index contributed by atoms with van der Waals surface area (Å²) in [5, 5.41) is 2.95. The number of hydrogen-bond acceptors (Lipinski definition) is 3. The predicted molar refractivity (Wildman–Crippen MR) is 96.4 cm³/mol. The van der Waals surface area contributed by atoms with E-state index in [9.17, 15) is 14.0 Å². The number of carbonyl (C=O) groups excluding carboxylic acids is 2. The second-order valence-electron chi connectivity index (χ2n) is 6.05. The predicted octanol–water partition coefficient (Wildman–Crippen LogP) is 3.77. The minimum atomic E-state index is -0.427. The number of thiophene rings is 1. The quantitative estimate of drug-likeness (QED) is 0.829. The van der Waals surface area contributed by atoms with E-state index in [0.29, 0.717) is 15.5 Å². The molecule has 1 aromatic heterocycles. The Kier molecular flexibility index (Phi) is 5.39. The number of aryl methyl sites for hydroxylation is 1. The number of nitrogens with one attached hydrogen (secondary N) is 1. The average Bonchev–Trinajstić information content (AvgIpc) is 3.32. The van der Waals surface area contributed by atoms with Crippen molar-refractivity contribution in [2.45, 2.75) is 32.4 Å². The van der Waals surface area contributed by atoms with E-state index in [1.165, 1.54) is 23.5 Å². The van der Waals surface area contributed by atoms with Crippen molar-refractivity contribution in [1.29, 1.82) is 0 Å². The Morgan fingerprint density at radius 2 is 2.08 bits per heavy atom. The molecule has 1 saturated carbocycles.